The zero-order chi connectivity index (χ0) is 24.0. The molecule has 1 heterocycles. The van der Waals surface area contributed by atoms with Crippen LogP contribution in [-0.4, -0.2) is 29.2 Å². The van der Waals surface area contributed by atoms with Crippen LogP contribution in [0.5, 0.6) is 5.75 Å². The van der Waals surface area contributed by atoms with Crippen molar-refractivity contribution in [2.45, 2.75) is 20.8 Å². The third kappa shape index (κ3) is 5.65. The molecule has 0 aliphatic rings. The lowest BCUT2D eigenvalue weighted by Gasteiger charge is -2.13. The molecule has 33 heavy (non-hydrogen) atoms. The van der Waals surface area contributed by atoms with Gasteiger partial charge in [0, 0.05) is 10.4 Å². The van der Waals surface area contributed by atoms with Crippen LogP contribution in [-0.2, 0) is 4.74 Å². The predicted molar refractivity (Wildman–Crippen MR) is 135 cm³/mol. The predicted octanol–water partition coefficient (Wildman–Crippen LogP) is 6.02. The third-order valence-corrected chi connectivity index (χ3v) is 5.80. The number of thiophene rings is 1. The first-order valence-corrected chi connectivity index (χ1v) is 11.4. The van der Waals surface area contributed by atoms with E-state index in [1.807, 2.05) is 37.3 Å². The highest BCUT2D eigenvalue weighted by molar-refractivity contribution is 7.80. The highest BCUT2D eigenvalue weighted by Crippen LogP contribution is 2.40. The van der Waals surface area contributed by atoms with E-state index in [1.165, 1.54) is 23.5 Å². The summed E-state index contributed by atoms with van der Waals surface area (Å²) in [7, 11) is 0. The van der Waals surface area contributed by atoms with Gasteiger partial charge in [0.1, 0.15) is 22.0 Å². The van der Waals surface area contributed by atoms with Crippen LogP contribution < -0.4 is 15.4 Å². The lowest BCUT2D eigenvalue weighted by Crippen LogP contribution is -2.21. The second kappa shape index (κ2) is 10.9. The highest BCUT2D eigenvalue weighted by Gasteiger charge is 2.25. The number of nitrogens with zero attached hydrogens (tertiary/aromatic N) is 1. The maximum absolute atomic E-state index is 12.8. The summed E-state index contributed by atoms with van der Waals surface area (Å²) >= 11 is 6.76. The first-order chi connectivity index (χ1) is 15.8. The van der Waals surface area contributed by atoms with Crippen LogP contribution >= 0.6 is 23.6 Å². The number of thiocarbonyl (C=S) groups is 1. The van der Waals surface area contributed by atoms with E-state index in [0.29, 0.717) is 22.9 Å². The van der Waals surface area contributed by atoms with Crippen LogP contribution in [0.15, 0.2) is 48.5 Å². The van der Waals surface area contributed by atoms with Crippen molar-refractivity contribution in [1.82, 2.24) is 0 Å². The van der Waals surface area contributed by atoms with Crippen LogP contribution in [0.3, 0.4) is 0 Å². The second-order valence-corrected chi connectivity index (χ2v) is 8.41. The third-order valence-electron chi connectivity index (χ3n) is 4.58. The van der Waals surface area contributed by atoms with E-state index in [-0.39, 0.29) is 23.1 Å². The van der Waals surface area contributed by atoms with E-state index in [4.69, 9.17) is 21.7 Å². The molecule has 0 radical (unpaired) electrons. The molecule has 172 valence electrons. The van der Waals surface area contributed by atoms with Gasteiger partial charge in [0.25, 0.3) is 5.69 Å². The smallest absolute Gasteiger partial charge is 0.341 e. The van der Waals surface area contributed by atoms with E-state index < -0.39 is 10.9 Å². The van der Waals surface area contributed by atoms with Gasteiger partial charge in [-0.1, -0.05) is 30.3 Å². The van der Waals surface area contributed by atoms with Gasteiger partial charge in [0.2, 0.25) is 0 Å². The molecule has 3 rings (SSSR count). The van der Waals surface area contributed by atoms with Crippen molar-refractivity contribution in [3.8, 4) is 16.9 Å². The normalized spacial score (nSPS) is 10.4. The first-order valence-electron chi connectivity index (χ1n) is 10.2. The minimum Gasteiger partial charge on any atom is -0.494 e. The SMILES string of the molecule is CCOC(=O)c1c(NC(=S)Nc2ccc(OCC)cc2[N+](=O)[O-])sc(C)c1-c1ccccc1. The molecule has 0 unspecified atom stereocenters. The Hall–Kier alpha value is -3.50. The largest absolute Gasteiger partial charge is 0.494 e. The average Bonchev–Trinajstić information content (AvgIpc) is 3.11. The fraction of sp³-hybridized carbons (Fsp3) is 0.217. The van der Waals surface area contributed by atoms with Crippen molar-refractivity contribution in [1.29, 1.82) is 0 Å². The maximum Gasteiger partial charge on any atom is 0.341 e. The lowest BCUT2D eigenvalue weighted by molar-refractivity contribution is -0.384. The number of esters is 1. The second-order valence-electron chi connectivity index (χ2n) is 6.77. The molecule has 10 heteroatoms. The van der Waals surface area contributed by atoms with E-state index >= 15 is 0 Å². The van der Waals surface area contributed by atoms with E-state index in [2.05, 4.69) is 10.6 Å². The van der Waals surface area contributed by atoms with Gasteiger partial charge >= 0.3 is 5.97 Å². The molecule has 2 N–H and O–H groups in total. The number of rotatable bonds is 8. The summed E-state index contributed by atoms with van der Waals surface area (Å²) in [5.41, 5.74) is 2.04. The van der Waals surface area contributed by atoms with Gasteiger partial charge in [-0.25, -0.2) is 4.79 Å². The summed E-state index contributed by atoms with van der Waals surface area (Å²) in [6, 6.07) is 14.0. The fourth-order valence-electron chi connectivity index (χ4n) is 3.26. The Morgan fingerprint density at radius 2 is 1.85 bits per heavy atom. The Labute approximate surface area is 200 Å². The van der Waals surface area contributed by atoms with Gasteiger partial charge in [0.05, 0.1) is 24.2 Å². The van der Waals surface area contributed by atoms with Crippen LogP contribution in [0.4, 0.5) is 16.4 Å². The Morgan fingerprint density at radius 3 is 2.48 bits per heavy atom. The number of benzene rings is 2. The number of hydrogen-bond acceptors (Lipinski definition) is 7. The van der Waals surface area contributed by atoms with Crippen molar-refractivity contribution in [3.05, 3.63) is 69.1 Å². The van der Waals surface area contributed by atoms with Gasteiger partial charge in [-0.15, -0.1) is 11.3 Å². The molecule has 2 aromatic carbocycles. The Kier molecular flexibility index (Phi) is 7.96. The van der Waals surface area contributed by atoms with Gasteiger partial charge in [-0.05, 0) is 50.7 Å². The fourth-order valence-corrected chi connectivity index (χ4v) is 4.61. The summed E-state index contributed by atoms with van der Waals surface area (Å²) in [5, 5.41) is 18.0. The molecule has 0 saturated carbocycles. The Morgan fingerprint density at radius 1 is 1.12 bits per heavy atom. The molecule has 0 fully saturated rings. The number of aryl methyl sites for hydroxylation is 1. The number of nitro groups is 1. The quantitative estimate of drug-likeness (QED) is 0.173. The van der Waals surface area contributed by atoms with Gasteiger partial charge in [-0.3, -0.25) is 10.1 Å². The molecule has 0 atom stereocenters. The van der Waals surface area contributed by atoms with Crippen molar-refractivity contribution in [3.63, 3.8) is 0 Å². The van der Waals surface area contributed by atoms with Crippen LogP contribution in [0, 0.1) is 17.0 Å². The topological polar surface area (TPSA) is 103 Å². The monoisotopic (exact) mass is 485 g/mol. The molecule has 0 spiro atoms. The number of nitro benzene ring substituents is 1. The molecule has 3 aromatic rings. The summed E-state index contributed by atoms with van der Waals surface area (Å²) < 4.78 is 10.6. The highest BCUT2D eigenvalue weighted by atomic mass is 32.1. The molecule has 8 nitrogen and oxygen atoms in total. The summed E-state index contributed by atoms with van der Waals surface area (Å²) in [6.07, 6.45) is 0. The zero-order valence-electron chi connectivity index (χ0n) is 18.3. The van der Waals surface area contributed by atoms with Gasteiger partial charge in [0.15, 0.2) is 5.11 Å². The van der Waals surface area contributed by atoms with Crippen LogP contribution in [0.1, 0.15) is 29.1 Å². The average molecular weight is 486 g/mol. The molecule has 0 aliphatic heterocycles. The number of carbonyl (C=O) groups is 1. The lowest BCUT2D eigenvalue weighted by atomic mass is 10.0. The number of carbonyl (C=O) groups excluding carboxylic acids is 1. The summed E-state index contributed by atoms with van der Waals surface area (Å²) in [6.45, 7) is 6.06. The van der Waals surface area contributed by atoms with Crippen molar-refractivity contribution < 1.29 is 19.2 Å². The standard InChI is InChI=1S/C23H23N3O5S2/c1-4-30-16-11-12-17(18(13-16)26(28)29)24-23(32)25-21-20(22(27)31-5-2)19(14(3)33-21)15-9-7-6-8-10-15/h6-13H,4-5H2,1-3H3,(H2,24,25,32). The molecule has 0 aliphatic carbocycles. The molecule has 0 saturated heterocycles. The zero-order valence-corrected chi connectivity index (χ0v) is 20.0. The van der Waals surface area contributed by atoms with E-state index in [0.717, 1.165) is 16.0 Å². The Balaban J connectivity index is 1.93. The Bertz CT molecular complexity index is 1180. The number of anilines is 2. The minimum absolute atomic E-state index is 0.105. The molecule has 0 amide bonds. The van der Waals surface area contributed by atoms with Crippen molar-refractivity contribution >= 4 is 51.0 Å². The minimum atomic E-state index is -0.514. The summed E-state index contributed by atoms with van der Waals surface area (Å²) in [4.78, 5) is 24.7. The van der Waals surface area contributed by atoms with Gasteiger partial charge in [-0.2, -0.15) is 0 Å². The molecule has 1 aromatic heterocycles. The molecular weight excluding hydrogens is 462 g/mol. The van der Waals surface area contributed by atoms with Crippen LogP contribution in [0.2, 0.25) is 0 Å². The number of nitrogens with one attached hydrogen (secondary N) is 2. The molecule has 0 bridgehead atoms. The van der Waals surface area contributed by atoms with Crippen molar-refractivity contribution in [2.24, 2.45) is 0 Å². The number of hydrogen-bond donors (Lipinski definition) is 2. The molecular formula is C23H23N3O5S2. The number of ether oxygens (including phenoxy) is 2. The van der Waals surface area contributed by atoms with Crippen LogP contribution in [0.25, 0.3) is 11.1 Å². The maximum atomic E-state index is 12.8. The summed E-state index contributed by atoms with van der Waals surface area (Å²) in [5.74, 6) is -0.0855. The van der Waals surface area contributed by atoms with E-state index in [9.17, 15) is 14.9 Å². The van der Waals surface area contributed by atoms with Gasteiger partial charge < -0.3 is 20.1 Å². The first kappa shape index (κ1) is 24.1. The van der Waals surface area contributed by atoms with Crippen molar-refractivity contribution in [2.75, 3.05) is 23.8 Å². The van der Waals surface area contributed by atoms with E-state index in [1.54, 1.807) is 19.9 Å².